The van der Waals surface area contributed by atoms with Gasteiger partial charge in [-0.15, -0.1) is 11.3 Å². The number of likely N-dealkylation sites (tertiary alicyclic amines) is 1. The molecule has 0 saturated carbocycles. The topological polar surface area (TPSA) is 42.2 Å². The molecule has 0 aromatic carbocycles. The van der Waals surface area contributed by atoms with Crippen LogP contribution in [0, 0.1) is 0 Å². The summed E-state index contributed by atoms with van der Waals surface area (Å²) >= 11 is 1.83. The molecule has 1 aromatic rings. The van der Waals surface area contributed by atoms with Crippen molar-refractivity contribution in [3.05, 3.63) is 16.1 Å². The fraction of sp³-hybridized carbons (Fsp3) is 0.786. The Labute approximate surface area is 114 Å². The van der Waals surface area contributed by atoms with Gasteiger partial charge in [-0.1, -0.05) is 6.42 Å². The highest BCUT2D eigenvalue weighted by molar-refractivity contribution is 7.09. The zero-order valence-corrected chi connectivity index (χ0v) is 12.4. The Kier molecular flexibility index (Phi) is 5.15. The lowest BCUT2D eigenvalue weighted by Gasteiger charge is -2.37. The summed E-state index contributed by atoms with van der Waals surface area (Å²) in [4.78, 5) is 7.43. The minimum Gasteiger partial charge on any atom is -0.330 e. The van der Waals surface area contributed by atoms with Gasteiger partial charge in [0.25, 0.3) is 0 Å². The van der Waals surface area contributed by atoms with Crippen molar-refractivity contribution in [2.45, 2.75) is 58.0 Å². The van der Waals surface area contributed by atoms with E-state index < -0.39 is 0 Å². The van der Waals surface area contributed by atoms with Crippen molar-refractivity contribution < 1.29 is 0 Å². The Morgan fingerprint density at radius 3 is 3.06 bits per heavy atom. The highest BCUT2D eigenvalue weighted by Crippen LogP contribution is 2.34. The van der Waals surface area contributed by atoms with Crippen LogP contribution in [0.25, 0.3) is 0 Å². The van der Waals surface area contributed by atoms with Gasteiger partial charge in [-0.2, -0.15) is 0 Å². The van der Waals surface area contributed by atoms with Gasteiger partial charge < -0.3 is 5.73 Å². The maximum Gasteiger partial charge on any atom is 0.110 e. The maximum atomic E-state index is 5.56. The van der Waals surface area contributed by atoms with Crippen LogP contribution in [0.3, 0.4) is 0 Å². The smallest absolute Gasteiger partial charge is 0.110 e. The first-order chi connectivity index (χ1) is 8.72. The SMILES string of the molecule is CC(C)N1CCCCC1c1nc(CCCN)cs1. The molecule has 1 fully saturated rings. The molecule has 18 heavy (non-hydrogen) atoms. The molecule has 0 spiro atoms. The van der Waals surface area contributed by atoms with Crippen LogP contribution in [0.5, 0.6) is 0 Å². The molecule has 1 aromatic heterocycles. The molecular formula is C14H25N3S. The summed E-state index contributed by atoms with van der Waals surface area (Å²) in [6.07, 6.45) is 6.01. The Morgan fingerprint density at radius 1 is 1.50 bits per heavy atom. The number of nitrogens with zero attached hydrogens (tertiary/aromatic N) is 2. The van der Waals surface area contributed by atoms with Gasteiger partial charge in [0.15, 0.2) is 0 Å². The zero-order valence-electron chi connectivity index (χ0n) is 11.6. The van der Waals surface area contributed by atoms with Gasteiger partial charge in [-0.3, -0.25) is 4.90 Å². The van der Waals surface area contributed by atoms with Gasteiger partial charge in [0.2, 0.25) is 0 Å². The lowest BCUT2D eigenvalue weighted by molar-refractivity contribution is 0.112. The molecule has 1 aliphatic heterocycles. The molecular weight excluding hydrogens is 242 g/mol. The number of piperidine rings is 1. The molecule has 3 nitrogen and oxygen atoms in total. The number of hydrogen-bond acceptors (Lipinski definition) is 4. The summed E-state index contributed by atoms with van der Waals surface area (Å²) in [6, 6.07) is 1.17. The highest BCUT2D eigenvalue weighted by Gasteiger charge is 2.27. The molecule has 1 saturated heterocycles. The molecule has 0 radical (unpaired) electrons. The van der Waals surface area contributed by atoms with Crippen molar-refractivity contribution in [1.82, 2.24) is 9.88 Å². The fourth-order valence-electron chi connectivity index (χ4n) is 2.71. The number of thiazole rings is 1. The van der Waals surface area contributed by atoms with E-state index in [-0.39, 0.29) is 0 Å². The lowest BCUT2D eigenvalue weighted by Crippen LogP contribution is -2.38. The van der Waals surface area contributed by atoms with Gasteiger partial charge >= 0.3 is 0 Å². The second kappa shape index (κ2) is 6.64. The Bertz CT molecular complexity index is 362. The number of rotatable bonds is 5. The van der Waals surface area contributed by atoms with E-state index in [1.807, 2.05) is 11.3 Å². The van der Waals surface area contributed by atoms with Crippen molar-refractivity contribution in [3.63, 3.8) is 0 Å². The minimum atomic E-state index is 0.551. The molecule has 1 atom stereocenters. The summed E-state index contributed by atoms with van der Waals surface area (Å²) in [6.45, 7) is 6.57. The predicted octanol–water partition coefficient (Wildman–Crippen LogP) is 2.97. The number of hydrogen-bond donors (Lipinski definition) is 1. The van der Waals surface area contributed by atoms with Gasteiger partial charge in [-0.05, 0) is 52.6 Å². The van der Waals surface area contributed by atoms with Crippen LogP contribution in [0.4, 0.5) is 0 Å². The molecule has 102 valence electrons. The van der Waals surface area contributed by atoms with Crippen LogP contribution >= 0.6 is 11.3 Å². The van der Waals surface area contributed by atoms with Crippen molar-refractivity contribution in [1.29, 1.82) is 0 Å². The third kappa shape index (κ3) is 3.31. The monoisotopic (exact) mass is 267 g/mol. The van der Waals surface area contributed by atoms with Crippen LogP contribution in [0.1, 0.15) is 56.3 Å². The Balaban J connectivity index is 2.06. The van der Waals surface area contributed by atoms with Crippen LogP contribution in [-0.4, -0.2) is 29.0 Å². The van der Waals surface area contributed by atoms with Crippen LogP contribution in [0.2, 0.25) is 0 Å². The van der Waals surface area contributed by atoms with E-state index in [0.29, 0.717) is 12.1 Å². The summed E-state index contributed by atoms with van der Waals surface area (Å²) < 4.78 is 0. The summed E-state index contributed by atoms with van der Waals surface area (Å²) in [7, 11) is 0. The van der Waals surface area contributed by atoms with E-state index >= 15 is 0 Å². The second-order valence-corrected chi connectivity index (χ2v) is 6.30. The van der Waals surface area contributed by atoms with Gasteiger partial charge in [0, 0.05) is 11.4 Å². The third-order valence-corrected chi connectivity index (χ3v) is 4.69. The molecule has 0 amide bonds. The van der Waals surface area contributed by atoms with E-state index in [0.717, 1.165) is 19.4 Å². The third-order valence-electron chi connectivity index (χ3n) is 3.70. The predicted molar refractivity (Wildman–Crippen MR) is 77.9 cm³/mol. The maximum absolute atomic E-state index is 5.56. The molecule has 0 aliphatic carbocycles. The second-order valence-electron chi connectivity index (χ2n) is 5.41. The number of aryl methyl sites for hydroxylation is 1. The Morgan fingerprint density at radius 2 is 2.33 bits per heavy atom. The van der Waals surface area contributed by atoms with E-state index in [9.17, 15) is 0 Å². The van der Waals surface area contributed by atoms with Crippen LogP contribution < -0.4 is 5.73 Å². The van der Waals surface area contributed by atoms with Crippen molar-refractivity contribution >= 4 is 11.3 Å². The van der Waals surface area contributed by atoms with E-state index in [1.54, 1.807) is 0 Å². The Hall–Kier alpha value is -0.450. The minimum absolute atomic E-state index is 0.551. The summed E-state index contributed by atoms with van der Waals surface area (Å²) in [5, 5.41) is 3.54. The molecule has 2 rings (SSSR count). The first-order valence-corrected chi connectivity index (χ1v) is 8.00. The molecule has 1 unspecified atom stereocenters. The van der Waals surface area contributed by atoms with Crippen molar-refractivity contribution in [3.8, 4) is 0 Å². The molecule has 4 heteroatoms. The fourth-order valence-corrected chi connectivity index (χ4v) is 3.72. The average Bonchev–Trinajstić information content (AvgIpc) is 2.85. The quantitative estimate of drug-likeness (QED) is 0.892. The van der Waals surface area contributed by atoms with E-state index in [1.165, 1.54) is 36.5 Å². The average molecular weight is 267 g/mol. The summed E-state index contributed by atoms with van der Waals surface area (Å²) in [5.41, 5.74) is 6.79. The van der Waals surface area contributed by atoms with Gasteiger partial charge in [-0.25, -0.2) is 4.98 Å². The van der Waals surface area contributed by atoms with Crippen LogP contribution in [0.15, 0.2) is 5.38 Å². The molecule has 0 bridgehead atoms. The van der Waals surface area contributed by atoms with Crippen LogP contribution in [-0.2, 0) is 6.42 Å². The standard InChI is InChI=1S/C14H25N3S/c1-11(2)17-9-4-3-7-13(17)14-16-12(10-18-14)6-5-8-15/h10-11,13H,3-9,15H2,1-2H3. The largest absolute Gasteiger partial charge is 0.330 e. The lowest BCUT2D eigenvalue weighted by atomic mass is 10.0. The first-order valence-electron chi connectivity index (χ1n) is 7.12. The number of aromatic nitrogens is 1. The van der Waals surface area contributed by atoms with Gasteiger partial charge in [0.05, 0.1) is 11.7 Å². The highest BCUT2D eigenvalue weighted by atomic mass is 32.1. The molecule has 2 heterocycles. The van der Waals surface area contributed by atoms with E-state index in [2.05, 4.69) is 24.1 Å². The van der Waals surface area contributed by atoms with E-state index in [4.69, 9.17) is 10.7 Å². The number of nitrogens with two attached hydrogens (primary N) is 1. The normalized spacial score (nSPS) is 21.7. The molecule has 1 aliphatic rings. The summed E-state index contributed by atoms with van der Waals surface area (Å²) in [5.74, 6) is 0. The van der Waals surface area contributed by atoms with Crippen molar-refractivity contribution in [2.75, 3.05) is 13.1 Å². The first kappa shape index (κ1) is 14.0. The zero-order chi connectivity index (χ0) is 13.0. The van der Waals surface area contributed by atoms with Gasteiger partial charge in [0.1, 0.15) is 5.01 Å². The molecule has 2 N–H and O–H groups in total. The van der Waals surface area contributed by atoms with Crippen molar-refractivity contribution in [2.24, 2.45) is 5.73 Å².